The number of rotatable bonds is 2. The molecule has 18 heavy (non-hydrogen) atoms. The van der Waals surface area contributed by atoms with Gasteiger partial charge in [-0.3, -0.25) is 0 Å². The van der Waals surface area contributed by atoms with E-state index in [1.165, 1.54) is 11.3 Å². The molecular weight excluding hydrogens is 222 g/mol. The molecule has 2 aromatic carbocycles. The summed E-state index contributed by atoms with van der Waals surface area (Å²) >= 11 is 0. The Morgan fingerprint density at radius 2 is 1.78 bits per heavy atom. The molecule has 1 N–H and O–H groups in total. The third-order valence-electron chi connectivity index (χ3n) is 3.78. The molecule has 92 valence electrons. The molecular formula is C16H17NO. The smallest absolute Gasteiger partial charge is 0.120 e. The molecule has 3 rings (SSSR count). The zero-order valence-electron chi connectivity index (χ0n) is 10.5. The van der Waals surface area contributed by atoms with Gasteiger partial charge in [-0.25, -0.2) is 0 Å². The standard InChI is InChI=1S/C16H17NO/c1-12(14-7-3-5-9-16(14)18)17-11-10-13-6-2-4-8-15(13)17/h2-9,12,18H,10-11H2,1H3. The molecule has 1 aliphatic heterocycles. The predicted molar refractivity (Wildman–Crippen MR) is 74.0 cm³/mol. The van der Waals surface area contributed by atoms with Crippen LogP contribution in [-0.4, -0.2) is 11.7 Å². The van der Waals surface area contributed by atoms with Gasteiger partial charge in [-0.2, -0.15) is 0 Å². The fourth-order valence-electron chi connectivity index (χ4n) is 2.77. The van der Waals surface area contributed by atoms with E-state index in [9.17, 15) is 5.11 Å². The largest absolute Gasteiger partial charge is 0.508 e. The summed E-state index contributed by atoms with van der Waals surface area (Å²) in [5, 5.41) is 9.96. The number of hydrogen-bond donors (Lipinski definition) is 1. The monoisotopic (exact) mass is 239 g/mol. The molecule has 1 aliphatic rings. The van der Waals surface area contributed by atoms with Gasteiger partial charge in [-0.15, -0.1) is 0 Å². The fraction of sp³-hybridized carbons (Fsp3) is 0.250. The van der Waals surface area contributed by atoms with Gasteiger partial charge in [0.25, 0.3) is 0 Å². The molecule has 1 atom stereocenters. The Morgan fingerprint density at radius 3 is 2.61 bits per heavy atom. The molecule has 2 aromatic rings. The van der Waals surface area contributed by atoms with E-state index in [1.807, 2.05) is 18.2 Å². The van der Waals surface area contributed by atoms with Crippen molar-refractivity contribution >= 4 is 5.69 Å². The Balaban J connectivity index is 1.96. The summed E-state index contributed by atoms with van der Waals surface area (Å²) < 4.78 is 0. The van der Waals surface area contributed by atoms with Gasteiger partial charge >= 0.3 is 0 Å². The average Bonchev–Trinajstić information content (AvgIpc) is 2.82. The van der Waals surface area contributed by atoms with Crippen molar-refractivity contribution in [3.05, 3.63) is 59.7 Å². The second kappa shape index (κ2) is 4.37. The maximum atomic E-state index is 9.96. The first-order chi connectivity index (χ1) is 8.77. The van der Waals surface area contributed by atoms with E-state index in [4.69, 9.17) is 0 Å². The summed E-state index contributed by atoms with van der Waals surface area (Å²) in [6.45, 7) is 3.17. The lowest BCUT2D eigenvalue weighted by Crippen LogP contribution is -2.24. The maximum absolute atomic E-state index is 9.96. The molecule has 0 aromatic heterocycles. The molecule has 0 bridgehead atoms. The van der Waals surface area contributed by atoms with Crippen LogP contribution >= 0.6 is 0 Å². The number of nitrogens with zero attached hydrogens (tertiary/aromatic N) is 1. The Hall–Kier alpha value is -1.96. The van der Waals surface area contributed by atoms with E-state index >= 15 is 0 Å². The minimum Gasteiger partial charge on any atom is -0.508 e. The summed E-state index contributed by atoms with van der Waals surface area (Å²) in [6.07, 6.45) is 1.09. The minimum absolute atomic E-state index is 0.204. The number of phenols is 1. The average molecular weight is 239 g/mol. The van der Waals surface area contributed by atoms with Crippen LogP contribution in [-0.2, 0) is 6.42 Å². The highest BCUT2D eigenvalue weighted by Gasteiger charge is 2.25. The highest BCUT2D eigenvalue weighted by molar-refractivity contribution is 5.59. The van der Waals surface area contributed by atoms with Crippen LogP contribution in [0, 0.1) is 0 Å². The maximum Gasteiger partial charge on any atom is 0.120 e. The summed E-state index contributed by atoms with van der Waals surface area (Å²) in [6, 6.07) is 16.3. The van der Waals surface area contributed by atoms with Crippen molar-refractivity contribution < 1.29 is 5.11 Å². The first-order valence-corrected chi connectivity index (χ1v) is 6.40. The van der Waals surface area contributed by atoms with Crippen molar-refractivity contribution in [2.45, 2.75) is 19.4 Å². The highest BCUT2D eigenvalue weighted by Crippen LogP contribution is 2.37. The third-order valence-corrected chi connectivity index (χ3v) is 3.78. The van der Waals surface area contributed by atoms with Gasteiger partial charge in [0.2, 0.25) is 0 Å². The highest BCUT2D eigenvalue weighted by atomic mass is 16.3. The van der Waals surface area contributed by atoms with Crippen molar-refractivity contribution in [1.82, 2.24) is 0 Å². The van der Waals surface area contributed by atoms with E-state index in [0.717, 1.165) is 18.5 Å². The zero-order chi connectivity index (χ0) is 12.5. The summed E-state index contributed by atoms with van der Waals surface area (Å²) in [5.74, 6) is 0.384. The van der Waals surface area contributed by atoms with Gasteiger partial charge in [-0.1, -0.05) is 36.4 Å². The molecule has 0 radical (unpaired) electrons. The quantitative estimate of drug-likeness (QED) is 0.866. The molecule has 0 saturated carbocycles. The minimum atomic E-state index is 0.204. The van der Waals surface area contributed by atoms with Gasteiger partial charge in [0.05, 0.1) is 6.04 Å². The number of phenolic OH excluding ortho intramolecular Hbond substituents is 1. The van der Waals surface area contributed by atoms with E-state index in [1.54, 1.807) is 6.07 Å². The van der Waals surface area contributed by atoms with E-state index in [2.05, 4.69) is 36.1 Å². The SMILES string of the molecule is CC(c1ccccc1O)N1CCc2ccccc21. The van der Waals surface area contributed by atoms with Crippen molar-refractivity contribution in [2.75, 3.05) is 11.4 Å². The lowest BCUT2D eigenvalue weighted by molar-refractivity contribution is 0.461. The van der Waals surface area contributed by atoms with Crippen LogP contribution in [0.3, 0.4) is 0 Å². The Morgan fingerprint density at radius 1 is 1.06 bits per heavy atom. The van der Waals surface area contributed by atoms with Crippen LogP contribution in [0.2, 0.25) is 0 Å². The van der Waals surface area contributed by atoms with Crippen LogP contribution in [0.1, 0.15) is 24.1 Å². The fourth-order valence-corrected chi connectivity index (χ4v) is 2.77. The third kappa shape index (κ3) is 1.74. The Bertz CT molecular complexity index is 565. The van der Waals surface area contributed by atoms with Crippen molar-refractivity contribution in [1.29, 1.82) is 0 Å². The van der Waals surface area contributed by atoms with Crippen LogP contribution in [0.25, 0.3) is 0 Å². The van der Waals surface area contributed by atoms with Crippen LogP contribution in [0.4, 0.5) is 5.69 Å². The molecule has 0 saturated heterocycles. The summed E-state index contributed by atoms with van der Waals surface area (Å²) in [7, 11) is 0. The first kappa shape index (κ1) is 11.1. The van der Waals surface area contributed by atoms with E-state index in [-0.39, 0.29) is 6.04 Å². The zero-order valence-corrected chi connectivity index (χ0v) is 10.5. The molecule has 0 fully saturated rings. The number of fused-ring (bicyclic) bond motifs is 1. The van der Waals surface area contributed by atoms with Crippen molar-refractivity contribution in [3.8, 4) is 5.75 Å². The van der Waals surface area contributed by atoms with Gasteiger partial charge in [0.15, 0.2) is 0 Å². The number of benzene rings is 2. The second-order valence-electron chi connectivity index (χ2n) is 4.81. The van der Waals surface area contributed by atoms with E-state index < -0.39 is 0 Å². The molecule has 1 heterocycles. The summed E-state index contributed by atoms with van der Waals surface area (Å²) in [4.78, 5) is 2.37. The van der Waals surface area contributed by atoms with Crippen LogP contribution < -0.4 is 4.90 Å². The van der Waals surface area contributed by atoms with Gasteiger partial charge < -0.3 is 10.0 Å². The lowest BCUT2D eigenvalue weighted by atomic mass is 10.1. The molecule has 0 aliphatic carbocycles. The molecule has 0 amide bonds. The molecule has 1 unspecified atom stereocenters. The first-order valence-electron chi connectivity index (χ1n) is 6.40. The van der Waals surface area contributed by atoms with E-state index in [0.29, 0.717) is 5.75 Å². The van der Waals surface area contributed by atoms with Gasteiger partial charge in [0, 0.05) is 17.8 Å². The van der Waals surface area contributed by atoms with Gasteiger partial charge in [-0.05, 0) is 31.0 Å². The Kier molecular flexibility index (Phi) is 2.71. The lowest BCUT2D eigenvalue weighted by Gasteiger charge is -2.28. The topological polar surface area (TPSA) is 23.5 Å². The van der Waals surface area contributed by atoms with Gasteiger partial charge in [0.1, 0.15) is 5.75 Å². The van der Waals surface area contributed by atoms with Crippen LogP contribution in [0.5, 0.6) is 5.75 Å². The molecule has 2 heteroatoms. The molecule has 2 nitrogen and oxygen atoms in total. The van der Waals surface area contributed by atoms with Crippen molar-refractivity contribution in [2.24, 2.45) is 0 Å². The predicted octanol–water partition coefficient (Wildman–Crippen LogP) is 3.52. The second-order valence-corrected chi connectivity index (χ2v) is 4.81. The number of para-hydroxylation sites is 2. The summed E-state index contributed by atoms with van der Waals surface area (Å²) in [5.41, 5.74) is 3.70. The number of hydrogen-bond acceptors (Lipinski definition) is 2. The number of aromatic hydroxyl groups is 1. The van der Waals surface area contributed by atoms with Crippen molar-refractivity contribution in [3.63, 3.8) is 0 Å². The Labute approximate surface area is 107 Å². The molecule has 0 spiro atoms. The number of anilines is 1. The van der Waals surface area contributed by atoms with Crippen LogP contribution in [0.15, 0.2) is 48.5 Å². The normalized spacial score (nSPS) is 15.5.